The monoisotopic (exact) mass is 440 g/mol. The van der Waals surface area contributed by atoms with E-state index >= 15 is 0 Å². The Morgan fingerprint density at radius 2 is 1.94 bits per heavy atom. The van der Waals surface area contributed by atoms with Gasteiger partial charge in [0.2, 0.25) is 0 Å². The van der Waals surface area contributed by atoms with Gasteiger partial charge in [0.1, 0.15) is 0 Å². The standard InChI is InChI=1S/C22H27F3N2O4/c23-22(24,25)17-3-4-19(27-5-7-30-8-6-27)18(12-17)26-20(28)13-31-21(29)11-16-10-14-1-2-15(16)9-14/h3-4,12,14-16H,1-2,5-11,13H2,(H,26,28)/t14-,15+,16-/m1/s1. The molecule has 1 saturated heterocycles. The first kappa shape index (κ1) is 21.9. The summed E-state index contributed by atoms with van der Waals surface area (Å²) in [6.45, 7) is 1.40. The molecule has 6 nitrogen and oxygen atoms in total. The van der Waals surface area contributed by atoms with Crippen molar-refractivity contribution < 1.29 is 32.2 Å². The number of nitrogens with one attached hydrogen (secondary N) is 1. The molecule has 2 saturated carbocycles. The van der Waals surface area contributed by atoms with Gasteiger partial charge in [0, 0.05) is 19.5 Å². The van der Waals surface area contributed by atoms with Crippen LogP contribution in [0.15, 0.2) is 18.2 Å². The van der Waals surface area contributed by atoms with Crippen molar-refractivity contribution in [1.29, 1.82) is 0 Å². The molecule has 0 radical (unpaired) electrons. The number of halogens is 3. The molecule has 4 rings (SSSR count). The smallest absolute Gasteiger partial charge is 0.416 e. The van der Waals surface area contributed by atoms with Crippen LogP contribution in [-0.4, -0.2) is 44.8 Å². The third kappa shape index (κ3) is 5.31. The Kier molecular flexibility index (Phi) is 6.41. The van der Waals surface area contributed by atoms with Gasteiger partial charge in [-0.05, 0) is 55.2 Å². The molecule has 31 heavy (non-hydrogen) atoms. The van der Waals surface area contributed by atoms with Crippen molar-refractivity contribution in [2.45, 2.75) is 38.3 Å². The fourth-order valence-corrected chi connectivity index (χ4v) is 5.12. The van der Waals surface area contributed by atoms with E-state index in [0.717, 1.165) is 25.0 Å². The minimum Gasteiger partial charge on any atom is -0.456 e. The molecule has 0 unspecified atom stereocenters. The van der Waals surface area contributed by atoms with Gasteiger partial charge in [-0.1, -0.05) is 6.42 Å². The molecule has 1 amide bonds. The number of amides is 1. The molecular formula is C22H27F3N2O4. The molecule has 170 valence electrons. The second kappa shape index (κ2) is 9.06. The summed E-state index contributed by atoms with van der Waals surface area (Å²) in [6, 6.07) is 3.26. The van der Waals surface area contributed by atoms with Gasteiger partial charge >= 0.3 is 12.1 Å². The lowest BCUT2D eigenvalue weighted by molar-refractivity contribution is -0.148. The van der Waals surface area contributed by atoms with Crippen LogP contribution in [0.4, 0.5) is 24.5 Å². The van der Waals surface area contributed by atoms with E-state index in [9.17, 15) is 22.8 Å². The molecule has 9 heteroatoms. The molecule has 2 bridgehead atoms. The lowest BCUT2D eigenvalue weighted by Gasteiger charge is -2.31. The topological polar surface area (TPSA) is 67.9 Å². The fourth-order valence-electron chi connectivity index (χ4n) is 5.12. The van der Waals surface area contributed by atoms with E-state index in [2.05, 4.69) is 5.32 Å². The Labute approximate surface area is 179 Å². The molecule has 1 heterocycles. The fraction of sp³-hybridized carbons (Fsp3) is 0.636. The van der Waals surface area contributed by atoms with E-state index in [1.807, 2.05) is 4.90 Å². The largest absolute Gasteiger partial charge is 0.456 e. The van der Waals surface area contributed by atoms with E-state index in [-0.39, 0.29) is 5.69 Å². The summed E-state index contributed by atoms with van der Waals surface area (Å²) in [4.78, 5) is 26.4. The molecule has 1 aromatic rings. The van der Waals surface area contributed by atoms with Gasteiger partial charge in [-0.3, -0.25) is 9.59 Å². The van der Waals surface area contributed by atoms with Crippen LogP contribution >= 0.6 is 0 Å². The molecule has 0 spiro atoms. The minimum atomic E-state index is -4.53. The number of carbonyl (C=O) groups is 2. The van der Waals surface area contributed by atoms with Crippen molar-refractivity contribution in [3.05, 3.63) is 23.8 Å². The Bertz CT molecular complexity index is 823. The number of fused-ring (bicyclic) bond motifs is 2. The summed E-state index contributed by atoms with van der Waals surface area (Å²) < 4.78 is 49.9. The van der Waals surface area contributed by atoms with E-state index in [4.69, 9.17) is 9.47 Å². The Hall–Kier alpha value is -2.29. The van der Waals surface area contributed by atoms with E-state index in [1.54, 1.807) is 0 Å². The highest BCUT2D eigenvalue weighted by Gasteiger charge is 2.40. The second-order valence-electron chi connectivity index (χ2n) is 8.68. The van der Waals surface area contributed by atoms with Crippen molar-refractivity contribution in [3.63, 3.8) is 0 Å². The molecular weight excluding hydrogens is 413 g/mol. The minimum absolute atomic E-state index is 0.0471. The second-order valence-corrected chi connectivity index (χ2v) is 8.68. The molecule has 3 aliphatic rings. The van der Waals surface area contributed by atoms with E-state index in [0.29, 0.717) is 56.2 Å². The maximum atomic E-state index is 13.2. The predicted octanol–water partition coefficient (Wildman–Crippen LogP) is 3.85. The van der Waals surface area contributed by atoms with Crippen molar-refractivity contribution in [2.24, 2.45) is 17.8 Å². The Morgan fingerprint density at radius 1 is 1.16 bits per heavy atom. The zero-order valence-electron chi connectivity index (χ0n) is 17.2. The molecule has 0 aromatic heterocycles. The summed E-state index contributed by atoms with van der Waals surface area (Å²) >= 11 is 0. The zero-order chi connectivity index (χ0) is 22.0. The molecule has 3 atom stereocenters. The highest BCUT2D eigenvalue weighted by atomic mass is 19.4. The average molecular weight is 440 g/mol. The van der Waals surface area contributed by atoms with Crippen molar-refractivity contribution >= 4 is 23.3 Å². The molecule has 1 aromatic carbocycles. The van der Waals surface area contributed by atoms with Crippen LogP contribution in [-0.2, 0) is 25.2 Å². The van der Waals surface area contributed by atoms with Gasteiger partial charge in [-0.25, -0.2) is 0 Å². The molecule has 3 fully saturated rings. The van der Waals surface area contributed by atoms with Crippen LogP contribution in [0.2, 0.25) is 0 Å². The zero-order valence-corrected chi connectivity index (χ0v) is 17.2. The average Bonchev–Trinajstić information content (AvgIpc) is 3.35. The van der Waals surface area contributed by atoms with Gasteiger partial charge in [-0.2, -0.15) is 13.2 Å². The van der Waals surface area contributed by atoms with Gasteiger partial charge in [-0.15, -0.1) is 0 Å². The Morgan fingerprint density at radius 3 is 2.58 bits per heavy atom. The normalized spacial score (nSPS) is 25.5. The number of nitrogens with zero attached hydrogens (tertiary/aromatic N) is 1. The van der Waals surface area contributed by atoms with Gasteiger partial charge in [0.15, 0.2) is 6.61 Å². The van der Waals surface area contributed by atoms with Gasteiger partial charge < -0.3 is 19.7 Å². The van der Waals surface area contributed by atoms with E-state index < -0.39 is 30.2 Å². The number of carbonyl (C=O) groups excluding carboxylic acids is 2. The van der Waals surface area contributed by atoms with E-state index in [1.165, 1.54) is 18.9 Å². The molecule has 1 N–H and O–H groups in total. The highest BCUT2D eigenvalue weighted by Crippen LogP contribution is 2.49. The van der Waals surface area contributed by atoms with Crippen LogP contribution in [0.1, 0.15) is 37.7 Å². The number of rotatable bonds is 6. The number of hydrogen-bond acceptors (Lipinski definition) is 5. The van der Waals surface area contributed by atoms with Crippen molar-refractivity contribution in [2.75, 3.05) is 43.1 Å². The van der Waals surface area contributed by atoms with Crippen molar-refractivity contribution in [1.82, 2.24) is 0 Å². The first-order valence-electron chi connectivity index (χ1n) is 10.8. The summed E-state index contributed by atoms with van der Waals surface area (Å²) in [7, 11) is 0. The van der Waals surface area contributed by atoms with Crippen LogP contribution in [0.5, 0.6) is 0 Å². The summed E-state index contributed by atoms with van der Waals surface area (Å²) in [5.74, 6) is 0.532. The number of alkyl halides is 3. The maximum Gasteiger partial charge on any atom is 0.416 e. The lowest BCUT2D eigenvalue weighted by Crippen LogP contribution is -2.37. The number of ether oxygens (including phenoxy) is 2. The predicted molar refractivity (Wildman–Crippen MR) is 108 cm³/mol. The maximum absolute atomic E-state index is 13.2. The van der Waals surface area contributed by atoms with Gasteiger partial charge in [0.05, 0.1) is 30.2 Å². The van der Waals surface area contributed by atoms with Crippen LogP contribution in [0.3, 0.4) is 0 Å². The van der Waals surface area contributed by atoms with Crippen molar-refractivity contribution in [3.8, 4) is 0 Å². The number of benzene rings is 1. The molecule has 2 aliphatic carbocycles. The van der Waals surface area contributed by atoms with Gasteiger partial charge in [0.25, 0.3) is 5.91 Å². The quantitative estimate of drug-likeness (QED) is 0.681. The van der Waals surface area contributed by atoms with Crippen LogP contribution in [0, 0.1) is 17.8 Å². The first-order chi connectivity index (χ1) is 14.8. The SMILES string of the molecule is O=C(COC(=O)C[C@H]1C[C@@H]2CC[C@H]1C2)Nc1cc(C(F)(F)F)ccc1N1CCOCC1. The number of hydrogen-bond donors (Lipinski definition) is 1. The number of anilines is 2. The lowest BCUT2D eigenvalue weighted by atomic mass is 9.86. The van der Waals surface area contributed by atoms with Crippen LogP contribution in [0.25, 0.3) is 0 Å². The summed E-state index contributed by atoms with van der Waals surface area (Å²) in [5, 5.41) is 2.50. The first-order valence-corrected chi connectivity index (χ1v) is 10.8. The summed E-state index contributed by atoms with van der Waals surface area (Å²) in [5.41, 5.74) is -0.322. The third-order valence-corrected chi connectivity index (χ3v) is 6.63. The molecule has 1 aliphatic heterocycles. The number of morpholine rings is 1. The number of esters is 1. The van der Waals surface area contributed by atoms with Crippen LogP contribution < -0.4 is 10.2 Å². The summed E-state index contributed by atoms with van der Waals surface area (Å²) in [6.07, 6.45) is 0.384. The highest BCUT2D eigenvalue weighted by molar-refractivity contribution is 5.96. The Balaban J connectivity index is 1.37. The third-order valence-electron chi connectivity index (χ3n) is 6.63.